The second-order valence-electron chi connectivity index (χ2n) is 8.03. The summed E-state index contributed by atoms with van der Waals surface area (Å²) < 4.78 is 0. The van der Waals surface area contributed by atoms with Crippen molar-refractivity contribution in [3.63, 3.8) is 0 Å². The fourth-order valence-electron chi connectivity index (χ4n) is 4.15. The molecule has 6 heteroatoms. The summed E-state index contributed by atoms with van der Waals surface area (Å²) in [6.07, 6.45) is 0. The third kappa shape index (κ3) is 4.16. The van der Waals surface area contributed by atoms with Crippen molar-refractivity contribution in [3.8, 4) is 0 Å². The van der Waals surface area contributed by atoms with Gasteiger partial charge in [0.1, 0.15) is 0 Å². The van der Waals surface area contributed by atoms with E-state index in [1.807, 2.05) is 98.8 Å². The van der Waals surface area contributed by atoms with Crippen LogP contribution in [0, 0.1) is 13.8 Å². The first kappa shape index (κ1) is 23.5. The minimum absolute atomic E-state index is 0.556. The van der Waals surface area contributed by atoms with Gasteiger partial charge in [0.05, 0.1) is 0 Å². The third-order valence-corrected chi connectivity index (χ3v) is 5.95. The van der Waals surface area contributed by atoms with Crippen molar-refractivity contribution in [3.05, 3.63) is 143 Å². The van der Waals surface area contributed by atoms with Gasteiger partial charge in [0.2, 0.25) is 0 Å². The van der Waals surface area contributed by atoms with E-state index < -0.39 is 11.4 Å². The Bertz CT molecular complexity index is 1160. The van der Waals surface area contributed by atoms with Crippen LogP contribution in [-0.2, 0) is 21.2 Å². The van der Waals surface area contributed by atoms with Gasteiger partial charge in [0.15, 0.2) is 0 Å². The molecule has 4 aromatic carbocycles. The maximum atomic E-state index is 10.3. The Kier molecular flexibility index (Phi) is 6.95. The molecule has 4 aromatic rings. The fraction of sp³-hybridized carbons (Fsp3) is 0.143. The molecule has 0 saturated carbocycles. The monoisotopic (exact) mass is 454 g/mol. The van der Waals surface area contributed by atoms with Gasteiger partial charge < -0.3 is 0 Å². The predicted octanol–water partition coefficient (Wildman–Crippen LogP) is 6.84. The molecular formula is C28H26N2O4. The average molecular weight is 455 g/mol. The summed E-state index contributed by atoms with van der Waals surface area (Å²) in [7, 11) is 0. The van der Waals surface area contributed by atoms with Crippen molar-refractivity contribution < 1.29 is 20.3 Å². The Morgan fingerprint density at radius 1 is 0.500 bits per heavy atom. The molecule has 6 nitrogen and oxygen atoms in total. The smallest absolute Gasteiger partial charge is 0.249 e. The van der Waals surface area contributed by atoms with Crippen LogP contribution in [0.2, 0.25) is 0 Å². The molecule has 0 saturated heterocycles. The van der Waals surface area contributed by atoms with E-state index in [1.54, 1.807) is 24.3 Å². The van der Waals surface area contributed by atoms with E-state index in [9.17, 15) is 10.5 Å². The largest absolute Gasteiger partial charge is 0.262 e. The van der Waals surface area contributed by atoms with Crippen LogP contribution in [0.3, 0.4) is 0 Å². The highest BCUT2D eigenvalue weighted by Gasteiger charge is 2.43. The van der Waals surface area contributed by atoms with Gasteiger partial charge in [-0.3, -0.25) is 0 Å². The van der Waals surface area contributed by atoms with Crippen molar-refractivity contribution in [2.45, 2.75) is 25.3 Å². The molecule has 2 atom stereocenters. The summed E-state index contributed by atoms with van der Waals surface area (Å²) in [4.78, 5) is 10.3. The Labute approximate surface area is 198 Å². The maximum Gasteiger partial charge on any atom is 0.262 e. The predicted molar refractivity (Wildman–Crippen MR) is 129 cm³/mol. The normalized spacial score (nSPS) is 15.1. The van der Waals surface area contributed by atoms with Crippen LogP contribution in [0.1, 0.15) is 33.4 Å². The van der Waals surface area contributed by atoms with Gasteiger partial charge in [-0.2, -0.15) is 9.78 Å². The van der Waals surface area contributed by atoms with Crippen molar-refractivity contribution >= 4 is 0 Å². The first-order valence-electron chi connectivity index (χ1n) is 10.9. The molecule has 0 amide bonds. The topological polar surface area (TPSA) is 83.6 Å². The molecule has 4 rings (SSSR count). The molecule has 0 spiro atoms. The van der Waals surface area contributed by atoms with Gasteiger partial charge in [-0.05, 0) is 25.0 Å². The molecule has 0 heterocycles. The Balaban J connectivity index is 2.00. The lowest BCUT2D eigenvalue weighted by molar-refractivity contribution is -0.327. The SMILES string of the molecule is Cc1ccccc1C(N=NC(OO)(c1ccccc1)c1ccccc1C)(OO)c1ccccc1. The molecule has 172 valence electrons. The van der Waals surface area contributed by atoms with Gasteiger partial charge in [-0.1, -0.05) is 109 Å². The summed E-state index contributed by atoms with van der Waals surface area (Å²) in [6.45, 7) is 3.80. The molecule has 0 aromatic heterocycles. The Morgan fingerprint density at radius 2 is 0.824 bits per heavy atom. The van der Waals surface area contributed by atoms with E-state index in [2.05, 4.69) is 10.2 Å². The van der Waals surface area contributed by atoms with Crippen LogP contribution in [0.5, 0.6) is 0 Å². The second-order valence-corrected chi connectivity index (χ2v) is 8.03. The molecule has 0 aliphatic carbocycles. The summed E-state index contributed by atoms with van der Waals surface area (Å²) in [5, 5.41) is 29.8. The van der Waals surface area contributed by atoms with Crippen molar-refractivity contribution in [1.29, 1.82) is 0 Å². The first-order valence-corrected chi connectivity index (χ1v) is 10.9. The first-order chi connectivity index (χ1) is 16.6. The molecule has 2 N–H and O–H groups in total. The van der Waals surface area contributed by atoms with Crippen molar-refractivity contribution in [2.75, 3.05) is 0 Å². The quantitative estimate of drug-likeness (QED) is 0.173. The van der Waals surface area contributed by atoms with Crippen molar-refractivity contribution in [2.24, 2.45) is 10.2 Å². The van der Waals surface area contributed by atoms with Gasteiger partial charge in [0, 0.05) is 22.3 Å². The lowest BCUT2D eigenvalue weighted by Gasteiger charge is -2.31. The summed E-state index contributed by atoms with van der Waals surface area (Å²) in [6, 6.07) is 33.1. The number of rotatable bonds is 8. The number of hydrogen-bond acceptors (Lipinski definition) is 6. The van der Waals surface area contributed by atoms with Crippen LogP contribution < -0.4 is 0 Å². The maximum absolute atomic E-state index is 10.3. The van der Waals surface area contributed by atoms with Crippen LogP contribution >= 0.6 is 0 Å². The third-order valence-electron chi connectivity index (χ3n) is 5.95. The molecule has 0 radical (unpaired) electrons. The lowest BCUT2D eigenvalue weighted by Crippen LogP contribution is -2.33. The van der Waals surface area contributed by atoms with E-state index in [-0.39, 0.29) is 0 Å². The van der Waals surface area contributed by atoms with E-state index in [4.69, 9.17) is 9.78 Å². The van der Waals surface area contributed by atoms with Crippen molar-refractivity contribution in [1.82, 2.24) is 0 Å². The van der Waals surface area contributed by atoms with Crippen LogP contribution in [0.15, 0.2) is 119 Å². The number of hydrogen-bond donors (Lipinski definition) is 2. The van der Waals surface area contributed by atoms with E-state index in [1.165, 1.54) is 0 Å². The van der Waals surface area contributed by atoms with Crippen LogP contribution in [-0.4, -0.2) is 10.5 Å². The van der Waals surface area contributed by atoms with Crippen LogP contribution in [0.25, 0.3) is 0 Å². The second kappa shape index (κ2) is 10.1. The molecule has 0 aliphatic rings. The molecule has 2 unspecified atom stereocenters. The van der Waals surface area contributed by atoms with E-state index in [0.717, 1.165) is 11.1 Å². The van der Waals surface area contributed by atoms with Gasteiger partial charge in [-0.25, -0.2) is 10.5 Å². The number of nitrogens with zero attached hydrogens (tertiary/aromatic N) is 2. The average Bonchev–Trinajstić information content (AvgIpc) is 2.90. The van der Waals surface area contributed by atoms with Gasteiger partial charge in [0.25, 0.3) is 11.4 Å². The summed E-state index contributed by atoms with van der Waals surface area (Å²) >= 11 is 0. The minimum atomic E-state index is -1.70. The highest BCUT2D eigenvalue weighted by molar-refractivity contribution is 5.42. The van der Waals surface area contributed by atoms with E-state index >= 15 is 0 Å². The van der Waals surface area contributed by atoms with Gasteiger partial charge >= 0.3 is 0 Å². The zero-order valence-electron chi connectivity index (χ0n) is 19.0. The molecule has 34 heavy (non-hydrogen) atoms. The summed E-state index contributed by atoms with van der Waals surface area (Å²) in [5.41, 5.74) is 0.576. The highest BCUT2D eigenvalue weighted by Crippen LogP contribution is 2.42. The Hall–Kier alpha value is -3.68. The highest BCUT2D eigenvalue weighted by atomic mass is 17.1. The molecule has 0 aliphatic heterocycles. The number of aryl methyl sites for hydroxylation is 2. The zero-order chi connectivity index (χ0) is 24.0. The minimum Gasteiger partial charge on any atom is -0.249 e. The number of azo groups is 1. The summed E-state index contributed by atoms with van der Waals surface area (Å²) in [5.74, 6) is 0. The fourth-order valence-corrected chi connectivity index (χ4v) is 4.15. The molecule has 0 bridgehead atoms. The molecule has 0 fully saturated rings. The zero-order valence-corrected chi connectivity index (χ0v) is 19.0. The number of benzene rings is 4. The van der Waals surface area contributed by atoms with Crippen LogP contribution in [0.4, 0.5) is 0 Å². The Morgan fingerprint density at radius 3 is 1.15 bits per heavy atom. The molecular weight excluding hydrogens is 428 g/mol. The van der Waals surface area contributed by atoms with E-state index in [0.29, 0.717) is 22.3 Å². The lowest BCUT2D eigenvalue weighted by atomic mass is 9.91. The standard InChI is InChI=1S/C28H26N2O4/c1-21-13-9-11-19-25(21)27(33-31,23-15-5-3-6-16-23)29-30-28(34-32,24-17-7-4-8-18-24)26-20-12-10-14-22(26)2/h3-20,31-32H,1-2H3. The van der Waals surface area contributed by atoms with Gasteiger partial charge in [-0.15, -0.1) is 10.2 Å².